The molecule has 3 aromatic rings. The van der Waals surface area contributed by atoms with E-state index in [-0.39, 0.29) is 17.3 Å². The number of amides is 1. The number of sulfonamides is 1. The van der Waals surface area contributed by atoms with Crippen LogP contribution in [0.3, 0.4) is 0 Å². The zero-order chi connectivity index (χ0) is 25.1. The molecule has 1 heterocycles. The lowest BCUT2D eigenvalue weighted by molar-refractivity contribution is -0.137. The van der Waals surface area contributed by atoms with Crippen LogP contribution >= 0.6 is 11.6 Å². The number of pyridine rings is 1. The van der Waals surface area contributed by atoms with Gasteiger partial charge in [0.2, 0.25) is 11.8 Å². The normalized spacial score (nSPS) is 11.6. The number of benzene rings is 2. The summed E-state index contributed by atoms with van der Waals surface area (Å²) in [7, 11) is -4.47. The number of anilines is 2. The second-order valence-corrected chi connectivity index (χ2v) is 9.02. The van der Waals surface area contributed by atoms with Gasteiger partial charge in [0.15, 0.2) is 0 Å². The Morgan fingerprint density at radius 3 is 2.59 bits per heavy atom. The summed E-state index contributed by atoms with van der Waals surface area (Å²) < 4.78 is 73.1. The number of aromatic nitrogens is 1. The van der Waals surface area contributed by atoms with Crippen molar-refractivity contribution in [3.63, 3.8) is 0 Å². The van der Waals surface area contributed by atoms with Gasteiger partial charge in [-0.15, -0.1) is 0 Å². The van der Waals surface area contributed by atoms with Crippen molar-refractivity contribution in [2.45, 2.75) is 18.0 Å². The van der Waals surface area contributed by atoms with Crippen LogP contribution in [0.1, 0.15) is 11.1 Å². The maximum atomic E-state index is 13.2. The Labute approximate surface area is 198 Å². The highest BCUT2D eigenvalue weighted by Crippen LogP contribution is 2.37. The highest BCUT2D eigenvalue weighted by molar-refractivity contribution is 7.92. The largest absolute Gasteiger partial charge is 0.437 e. The van der Waals surface area contributed by atoms with Gasteiger partial charge < -0.3 is 10.1 Å². The van der Waals surface area contributed by atoms with Crippen molar-refractivity contribution in [3.8, 4) is 11.6 Å². The molecule has 0 radical (unpaired) electrons. The summed E-state index contributed by atoms with van der Waals surface area (Å²) in [5, 5.41) is 1.92. The van der Waals surface area contributed by atoms with Crippen LogP contribution in [0.25, 0.3) is 0 Å². The van der Waals surface area contributed by atoms with E-state index >= 15 is 0 Å². The smallest absolute Gasteiger partial charge is 0.417 e. The summed E-state index contributed by atoms with van der Waals surface area (Å²) in [6.45, 7) is 5.00. The van der Waals surface area contributed by atoms with E-state index in [1.807, 2.05) is 0 Å². The summed E-state index contributed by atoms with van der Waals surface area (Å²) in [6, 6.07) is 9.85. The van der Waals surface area contributed by atoms with Gasteiger partial charge >= 0.3 is 6.18 Å². The number of nitrogens with zero attached hydrogens (tertiary/aromatic N) is 1. The summed E-state index contributed by atoms with van der Waals surface area (Å²) in [5.41, 5.74) is -0.445. The fourth-order valence-electron chi connectivity index (χ4n) is 2.75. The Kier molecular flexibility index (Phi) is 7.18. The molecule has 0 fully saturated rings. The molecular weight excluding hydrogens is 495 g/mol. The molecule has 2 N–H and O–H groups in total. The van der Waals surface area contributed by atoms with Gasteiger partial charge in [-0.2, -0.15) is 13.2 Å². The quantitative estimate of drug-likeness (QED) is 0.392. The second-order valence-electron chi connectivity index (χ2n) is 6.93. The number of carbonyl (C=O) groups is 1. The van der Waals surface area contributed by atoms with Crippen molar-refractivity contribution in [3.05, 3.63) is 83.5 Å². The predicted molar refractivity (Wildman–Crippen MR) is 122 cm³/mol. The van der Waals surface area contributed by atoms with Crippen LogP contribution in [0, 0.1) is 6.92 Å². The van der Waals surface area contributed by atoms with Gasteiger partial charge in [0.25, 0.3) is 10.0 Å². The highest BCUT2D eigenvalue weighted by Gasteiger charge is 2.34. The fraction of sp³-hybridized carbons (Fsp3) is 0.0909. The van der Waals surface area contributed by atoms with Gasteiger partial charge in [-0.3, -0.25) is 9.52 Å². The molecule has 12 heteroatoms. The standard InChI is InChI=1S/C22H17ClF3N3O4S/c1-3-20(30)28-14-5-4-6-15(10-14)33-21-19(9-13(2)12-27-21)29-34(31,32)16-7-8-18(23)17(11-16)22(24,25)26/h3-12,29H,1H2,2H3,(H,28,30). The average Bonchev–Trinajstić information content (AvgIpc) is 2.75. The molecule has 0 unspecified atom stereocenters. The number of carbonyl (C=O) groups excluding carboxylic acids is 1. The Balaban J connectivity index is 1.94. The zero-order valence-corrected chi connectivity index (χ0v) is 19.1. The molecule has 3 rings (SSSR count). The van der Waals surface area contributed by atoms with E-state index in [2.05, 4.69) is 21.6 Å². The lowest BCUT2D eigenvalue weighted by atomic mass is 10.2. The molecule has 0 saturated carbocycles. The van der Waals surface area contributed by atoms with E-state index < -0.39 is 37.6 Å². The predicted octanol–water partition coefficient (Wildman–Crippen LogP) is 5.78. The Morgan fingerprint density at radius 1 is 1.18 bits per heavy atom. The summed E-state index contributed by atoms with van der Waals surface area (Å²) in [5.74, 6) is -0.392. The van der Waals surface area contributed by atoms with Crippen molar-refractivity contribution in [1.82, 2.24) is 4.98 Å². The Bertz CT molecular complexity index is 1360. The minimum Gasteiger partial charge on any atom is -0.437 e. The van der Waals surface area contributed by atoms with E-state index in [4.69, 9.17) is 16.3 Å². The first kappa shape index (κ1) is 25.1. The van der Waals surface area contributed by atoms with E-state index in [0.29, 0.717) is 17.3 Å². The molecule has 0 aliphatic rings. The summed E-state index contributed by atoms with van der Waals surface area (Å²) in [6.07, 6.45) is -2.34. The van der Waals surface area contributed by atoms with Crippen LogP contribution in [0.2, 0.25) is 5.02 Å². The number of halogens is 4. The van der Waals surface area contributed by atoms with Crippen molar-refractivity contribution < 1.29 is 31.1 Å². The van der Waals surface area contributed by atoms with E-state index in [9.17, 15) is 26.4 Å². The monoisotopic (exact) mass is 511 g/mol. The van der Waals surface area contributed by atoms with Crippen LogP contribution < -0.4 is 14.8 Å². The molecule has 1 aromatic heterocycles. The first-order chi connectivity index (χ1) is 15.9. The third-order valence-electron chi connectivity index (χ3n) is 4.29. The molecule has 178 valence electrons. The fourth-order valence-corrected chi connectivity index (χ4v) is 4.04. The van der Waals surface area contributed by atoms with Crippen LogP contribution in [0.5, 0.6) is 11.6 Å². The topological polar surface area (TPSA) is 97.4 Å². The van der Waals surface area contributed by atoms with Crippen LogP contribution in [0.15, 0.2) is 72.3 Å². The zero-order valence-electron chi connectivity index (χ0n) is 17.5. The van der Waals surface area contributed by atoms with Gasteiger partial charge in [0.05, 0.1) is 15.5 Å². The van der Waals surface area contributed by atoms with Gasteiger partial charge in [-0.1, -0.05) is 24.2 Å². The number of hydrogen-bond donors (Lipinski definition) is 2. The number of aryl methyl sites for hydroxylation is 1. The van der Waals surface area contributed by atoms with E-state index in [1.165, 1.54) is 24.4 Å². The van der Waals surface area contributed by atoms with Crippen LogP contribution in [-0.4, -0.2) is 19.3 Å². The number of nitrogens with one attached hydrogen (secondary N) is 2. The second kappa shape index (κ2) is 9.74. The number of alkyl halides is 3. The molecule has 2 aromatic carbocycles. The maximum Gasteiger partial charge on any atom is 0.417 e. The molecular formula is C22H17ClF3N3O4S. The van der Waals surface area contributed by atoms with Crippen LogP contribution in [0.4, 0.5) is 24.5 Å². The Hall–Kier alpha value is -3.57. The van der Waals surface area contributed by atoms with Crippen molar-refractivity contribution >= 4 is 38.9 Å². The number of ether oxygens (including phenoxy) is 1. The van der Waals surface area contributed by atoms with E-state index in [1.54, 1.807) is 19.1 Å². The molecule has 7 nitrogen and oxygen atoms in total. The van der Waals surface area contributed by atoms with E-state index in [0.717, 1.165) is 18.2 Å². The van der Waals surface area contributed by atoms with Crippen LogP contribution in [-0.2, 0) is 21.0 Å². The van der Waals surface area contributed by atoms with Gasteiger partial charge in [0.1, 0.15) is 11.4 Å². The molecule has 0 aliphatic heterocycles. The number of rotatable bonds is 7. The first-order valence-electron chi connectivity index (χ1n) is 9.46. The molecule has 0 aliphatic carbocycles. The molecule has 0 spiro atoms. The maximum absolute atomic E-state index is 13.2. The van der Waals surface area contributed by atoms with Crippen molar-refractivity contribution in [2.75, 3.05) is 10.0 Å². The third kappa shape index (κ3) is 6.06. The SMILES string of the molecule is C=CC(=O)Nc1cccc(Oc2ncc(C)cc2NS(=O)(=O)c2ccc(Cl)c(C(F)(F)F)c2)c1. The van der Waals surface area contributed by atoms with Gasteiger partial charge in [-0.05, 0) is 55.0 Å². The molecule has 0 saturated heterocycles. The summed E-state index contributed by atoms with van der Waals surface area (Å²) in [4.78, 5) is 14.9. The van der Waals surface area contributed by atoms with Crippen molar-refractivity contribution in [2.24, 2.45) is 0 Å². The van der Waals surface area contributed by atoms with Gasteiger partial charge in [0, 0.05) is 18.0 Å². The molecule has 1 amide bonds. The minimum absolute atomic E-state index is 0.107. The lowest BCUT2D eigenvalue weighted by Crippen LogP contribution is -2.16. The summed E-state index contributed by atoms with van der Waals surface area (Å²) >= 11 is 5.58. The van der Waals surface area contributed by atoms with Gasteiger partial charge in [-0.25, -0.2) is 13.4 Å². The molecule has 34 heavy (non-hydrogen) atoms. The van der Waals surface area contributed by atoms with Crippen molar-refractivity contribution in [1.29, 1.82) is 0 Å². The molecule has 0 bridgehead atoms. The first-order valence-corrected chi connectivity index (χ1v) is 11.3. The Morgan fingerprint density at radius 2 is 1.91 bits per heavy atom. The highest BCUT2D eigenvalue weighted by atomic mass is 35.5. The lowest BCUT2D eigenvalue weighted by Gasteiger charge is -2.15. The third-order valence-corrected chi connectivity index (χ3v) is 5.98. The number of hydrogen-bond acceptors (Lipinski definition) is 5. The minimum atomic E-state index is -4.84. The molecule has 0 atom stereocenters. The average molecular weight is 512 g/mol.